The topological polar surface area (TPSA) is 38.0 Å². The quantitative estimate of drug-likeness (QED) is 0.628. The molecule has 1 radical (unpaired) electrons. The summed E-state index contributed by atoms with van der Waals surface area (Å²) in [5, 5.41) is 12.8. The Morgan fingerprint density at radius 1 is 1.89 bits per heavy atom. The van der Waals surface area contributed by atoms with E-state index in [4.69, 9.17) is 5.11 Å². The van der Waals surface area contributed by atoms with E-state index in [1.165, 1.54) is 4.68 Å². The first-order valence-corrected chi connectivity index (χ1v) is 2.94. The van der Waals surface area contributed by atoms with E-state index in [9.17, 15) is 0 Å². The maximum Gasteiger partial charge on any atom is 0.146 e. The molecule has 0 amide bonds. The summed E-state index contributed by atoms with van der Waals surface area (Å²) in [6.45, 7) is 1.90. The predicted molar refractivity (Wildman–Crippen MR) is 32.6 cm³/mol. The maximum atomic E-state index is 9.10. The van der Waals surface area contributed by atoms with Crippen LogP contribution in [-0.2, 0) is 0 Å². The minimum absolute atomic E-state index is 0.490. The summed E-state index contributed by atoms with van der Waals surface area (Å²) in [7, 11) is 0. The fourth-order valence-electron chi connectivity index (χ4n) is 0.596. The van der Waals surface area contributed by atoms with Crippen LogP contribution in [0.4, 0.5) is 0 Å². The van der Waals surface area contributed by atoms with Crippen LogP contribution in [0.25, 0.3) is 0 Å². The summed E-state index contributed by atoms with van der Waals surface area (Å²) >= 11 is 0. The Labute approximate surface area is 53.9 Å². The maximum absolute atomic E-state index is 9.10. The van der Waals surface area contributed by atoms with Crippen molar-refractivity contribution < 1.29 is 5.11 Å². The minimum atomic E-state index is -0.490. The molecule has 49 valence electrons. The van der Waals surface area contributed by atoms with E-state index in [0.29, 0.717) is 6.42 Å². The Morgan fingerprint density at radius 2 is 2.67 bits per heavy atom. The van der Waals surface area contributed by atoms with E-state index < -0.39 is 6.23 Å². The molecule has 0 aliphatic heterocycles. The molecule has 0 fully saturated rings. The van der Waals surface area contributed by atoms with Crippen molar-refractivity contribution in [1.29, 1.82) is 0 Å². The highest BCUT2D eigenvalue weighted by atomic mass is 16.3. The standard InChI is InChI=1S/C6H9N2O/c1-2-6(9)8-5-3-4-7-8/h3,5-6,9H,2H2,1H3. The van der Waals surface area contributed by atoms with Gasteiger partial charge in [0.25, 0.3) is 0 Å². The number of hydrogen-bond acceptors (Lipinski definition) is 2. The molecule has 1 aromatic heterocycles. The van der Waals surface area contributed by atoms with Gasteiger partial charge in [-0.25, -0.2) is 4.68 Å². The van der Waals surface area contributed by atoms with Gasteiger partial charge in [0.05, 0.1) is 0 Å². The third kappa shape index (κ3) is 1.29. The molecule has 0 aliphatic carbocycles. The molecule has 1 atom stereocenters. The largest absolute Gasteiger partial charge is 0.372 e. The van der Waals surface area contributed by atoms with Crippen molar-refractivity contribution in [2.45, 2.75) is 19.6 Å². The zero-order valence-electron chi connectivity index (χ0n) is 5.28. The first-order chi connectivity index (χ1) is 4.34. The molecular formula is C6H9N2O. The number of hydrogen-bond donors (Lipinski definition) is 1. The van der Waals surface area contributed by atoms with Crippen LogP contribution < -0.4 is 0 Å². The summed E-state index contributed by atoms with van der Waals surface area (Å²) in [4.78, 5) is 0. The van der Waals surface area contributed by atoms with Gasteiger partial charge in [-0.2, -0.15) is 5.10 Å². The lowest BCUT2D eigenvalue weighted by Gasteiger charge is -2.05. The van der Waals surface area contributed by atoms with Gasteiger partial charge in [-0.3, -0.25) is 0 Å². The fourth-order valence-corrected chi connectivity index (χ4v) is 0.596. The van der Waals surface area contributed by atoms with E-state index in [1.54, 1.807) is 12.3 Å². The van der Waals surface area contributed by atoms with Crippen LogP contribution >= 0.6 is 0 Å². The average Bonchev–Trinajstić information content (AvgIpc) is 2.37. The first-order valence-electron chi connectivity index (χ1n) is 2.94. The number of aliphatic hydroxyl groups excluding tert-OH is 1. The molecule has 3 nitrogen and oxygen atoms in total. The molecule has 0 saturated carbocycles. The van der Waals surface area contributed by atoms with Gasteiger partial charge < -0.3 is 5.11 Å². The molecule has 0 saturated heterocycles. The number of aliphatic hydroxyl groups is 1. The molecule has 0 bridgehead atoms. The van der Waals surface area contributed by atoms with Crippen molar-refractivity contribution in [2.75, 3.05) is 0 Å². The molecule has 1 N–H and O–H groups in total. The highest BCUT2D eigenvalue weighted by Gasteiger charge is 1.99. The Bertz CT molecular complexity index is 160. The molecule has 1 unspecified atom stereocenters. The monoisotopic (exact) mass is 125 g/mol. The number of aromatic nitrogens is 2. The molecular weight excluding hydrogens is 116 g/mol. The second kappa shape index (κ2) is 2.64. The average molecular weight is 125 g/mol. The van der Waals surface area contributed by atoms with Gasteiger partial charge in [-0.05, 0) is 12.5 Å². The molecule has 1 aromatic rings. The van der Waals surface area contributed by atoms with Gasteiger partial charge in [0, 0.05) is 6.20 Å². The second-order valence-corrected chi connectivity index (χ2v) is 1.81. The lowest BCUT2D eigenvalue weighted by molar-refractivity contribution is 0.0866. The van der Waals surface area contributed by atoms with Gasteiger partial charge >= 0.3 is 0 Å². The summed E-state index contributed by atoms with van der Waals surface area (Å²) in [5.41, 5.74) is 0. The Balaban J connectivity index is 2.65. The molecule has 9 heavy (non-hydrogen) atoms. The highest BCUT2D eigenvalue weighted by molar-refractivity contribution is 4.76. The van der Waals surface area contributed by atoms with Crippen molar-refractivity contribution in [2.24, 2.45) is 0 Å². The lowest BCUT2D eigenvalue weighted by atomic mass is 10.4. The van der Waals surface area contributed by atoms with Crippen LogP contribution in [0.2, 0.25) is 0 Å². The Hall–Kier alpha value is -0.830. The predicted octanol–water partition coefficient (Wildman–Crippen LogP) is 0.584. The molecule has 3 heteroatoms. The third-order valence-electron chi connectivity index (χ3n) is 1.15. The van der Waals surface area contributed by atoms with Gasteiger partial charge in [0.2, 0.25) is 0 Å². The van der Waals surface area contributed by atoms with Crippen molar-refractivity contribution >= 4 is 0 Å². The van der Waals surface area contributed by atoms with Crippen molar-refractivity contribution in [1.82, 2.24) is 9.78 Å². The van der Waals surface area contributed by atoms with Crippen molar-refractivity contribution in [3.05, 3.63) is 18.5 Å². The van der Waals surface area contributed by atoms with Crippen LogP contribution in [0.15, 0.2) is 12.3 Å². The van der Waals surface area contributed by atoms with Gasteiger partial charge in [-0.1, -0.05) is 6.92 Å². The minimum Gasteiger partial charge on any atom is -0.372 e. The molecule has 0 aliphatic rings. The van der Waals surface area contributed by atoms with E-state index in [-0.39, 0.29) is 0 Å². The summed E-state index contributed by atoms with van der Waals surface area (Å²) in [5.74, 6) is 0. The summed E-state index contributed by atoms with van der Waals surface area (Å²) < 4.78 is 1.47. The van der Waals surface area contributed by atoms with E-state index in [0.717, 1.165) is 0 Å². The second-order valence-electron chi connectivity index (χ2n) is 1.81. The van der Waals surface area contributed by atoms with Crippen molar-refractivity contribution in [3.63, 3.8) is 0 Å². The SMILES string of the molecule is CCC(O)n1cc[c]n1. The normalized spacial score (nSPS) is 13.6. The Morgan fingerprint density at radius 3 is 3.11 bits per heavy atom. The zero-order valence-corrected chi connectivity index (χ0v) is 5.28. The first kappa shape index (κ1) is 6.29. The van der Waals surface area contributed by atoms with Crippen LogP contribution in [0.3, 0.4) is 0 Å². The highest BCUT2D eigenvalue weighted by Crippen LogP contribution is 2.02. The van der Waals surface area contributed by atoms with Gasteiger partial charge in [0.15, 0.2) is 0 Å². The van der Waals surface area contributed by atoms with Crippen molar-refractivity contribution in [3.8, 4) is 0 Å². The molecule has 1 rings (SSSR count). The number of rotatable bonds is 2. The third-order valence-corrected chi connectivity index (χ3v) is 1.15. The van der Waals surface area contributed by atoms with E-state index in [2.05, 4.69) is 11.3 Å². The summed E-state index contributed by atoms with van der Waals surface area (Å²) in [6.07, 6.45) is 4.47. The van der Waals surface area contributed by atoms with Gasteiger partial charge in [-0.15, -0.1) is 0 Å². The van der Waals surface area contributed by atoms with E-state index >= 15 is 0 Å². The van der Waals surface area contributed by atoms with Crippen LogP contribution in [0, 0.1) is 6.20 Å². The Kier molecular flexibility index (Phi) is 1.85. The molecule has 0 spiro atoms. The van der Waals surface area contributed by atoms with E-state index in [1.807, 2.05) is 6.92 Å². The lowest BCUT2D eigenvalue weighted by Crippen LogP contribution is -2.06. The smallest absolute Gasteiger partial charge is 0.146 e. The molecule has 0 aromatic carbocycles. The summed E-state index contributed by atoms with van der Waals surface area (Å²) in [6, 6.07) is 1.67. The van der Waals surface area contributed by atoms with Crippen LogP contribution in [0.1, 0.15) is 19.6 Å². The fraction of sp³-hybridized carbons (Fsp3) is 0.500. The van der Waals surface area contributed by atoms with Gasteiger partial charge in [0.1, 0.15) is 12.4 Å². The van der Waals surface area contributed by atoms with Crippen LogP contribution in [-0.4, -0.2) is 14.9 Å². The number of nitrogens with zero attached hydrogens (tertiary/aromatic N) is 2. The zero-order chi connectivity index (χ0) is 6.69. The van der Waals surface area contributed by atoms with Crippen LogP contribution in [0.5, 0.6) is 0 Å². The molecule has 1 heterocycles.